The molecule has 2 aromatic heterocycles. The summed E-state index contributed by atoms with van der Waals surface area (Å²) in [5.41, 5.74) is 2.77. The first-order valence-electron chi connectivity index (χ1n) is 8.45. The van der Waals surface area contributed by atoms with Gasteiger partial charge in [0.05, 0.1) is 30.0 Å². The molecule has 4 aromatic rings. The molecule has 8 heteroatoms. The number of nitrogens with zero attached hydrogens (tertiary/aromatic N) is 2. The minimum atomic E-state index is -0.396. The molecule has 28 heavy (non-hydrogen) atoms. The highest BCUT2D eigenvalue weighted by Gasteiger charge is 2.18. The van der Waals surface area contributed by atoms with E-state index >= 15 is 0 Å². The van der Waals surface area contributed by atoms with E-state index in [4.69, 9.17) is 14.0 Å². The summed E-state index contributed by atoms with van der Waals surface area (Å²) in [6.45, 7) is 2.02. The molecule has 0 aliphatic carbocycles. The number of nitrogens with one attached hydrogen (secondary N) is 1. The number of anilines is 1. The van der Waals surface area contributed by atoms with E-state index in [-0.39, 0.29) is 5.69 Å². The zero-order chi connectivity index (χ0) is 19.7. The second-order valence-electron chi connectivity index (χ2n) is 6.09. The Morgan fingerprint density at radius 3 is 2.75 bits per heavy atom. The number of benzene rings is 2. The molecule has 1 N–H and O–H groups in total. The van der Waals surface area contributed by atoms with Crippen molar-refractivity contribution in [2.45, 2.75) is 6.92 Å². The second kappa shape index (κ2) is 7.32. The lowest BCUT2D eigenvalue weighted by atomic mass is 10.1. The summed E-state index contributed by atoms with van der Waals surface area (Å²) in [4.78, 5) is 17.0. The highest BCUT2D eigenvalue weighted by molar-refractivity contribution is 7.22. The summed E-state index contributed by atoms with van der Waals surface area (Å²) < 4.78 is 17.0. The molecule has 0 aliphatic rings. The van der Waals surface area contributed by atoms with Gasteiger partial charge in [-0.1, -0.05) is 22.6 Å². The molecule has 0 unspecified atom stereocenters. The number of carbonyl (C=O) groups is 1. The molecule has 0 saturated heterocycles. The maximum atomic E-state index is 12.6. The summed E-state index contributed by atoms with van der Waals surface area (Å²) in [6.07, 6.45) is 0. The average Bonchev–Trinajstić information content (AvgIpc) is 3.33. The third kappa shape index (κ3) is 3.41. The predicted molar refractivity (Wildman–Crippen MR) is 107 cm³/mol. The fourth-order valence-corrected chi connectivity index (χ4v) is 3.72. The first kappa shape index (κ1) is 18.0. The Kier molecular flexibility index (Phi) is 4.70. The van der Waals surface area contributed by atoms with E-state index < -0.39 is 5.91 Å². The number of thiazole rings is 1. The molecule has 7 nitrogen and oxygen atoms in total. The van der Waals surface area contributed by atoms with Crippen molar-refractivity contribution in [3.05, 3.63) is 53.7 Å². The number of methoxy groups -OCH3 is 2. The van der Waals surface area contributed by atoms with Gasteiger partial charge < -0.3 is 14.0 Å². The third-order valence-corrected chi connectivity index (χ3v) is 5.11. The Hall–Kier alpha value is -3.39. The van der Waals surface area contributed by atoms with Crippen LogP contribution in [-0.2, 0) is 0 Å². The van der Waals surface area contributed by atoms with Crippen LogP contribution in [0.5, 0.6) is 11.5 Å². The maximum Gasteiger partial charge on any atom is 0.279 e. The molecule has 0 fully saturated rings. The quantitative estimate of drug-likeness (QED) is 0.534. The molecule has 1 amide bonds. The topological polar surface area (TPSA) is 86.5 Å². The van der Waals surface area contributed by atoms with Gasteiger partial charge in [-0.3, -0.25) is 10.1 Å². The fourth-order valence-electron chi connectivity index (χ4n) is 2.76. The number of hydrogen-bond donors (Lipinski definition) is 1. The number of ether oxygens (including phenoxy) is 2. The van der Waals surface area contributed by atoms with Crippen LogP contribution in [-0.4, -0.2) is 30.3 Å². The highest BCUT2D eigenvalue weighted by Crippen LogP contribution is 2.34. The van der Waals surface area contributed by atoms with Gasteiger partial charge in [0, 0.05) is 6.07 Å². The second-order valence-corrected chi connectivity index (χ2v) is 7.12. The smallest absolute Gasteiger partial charge is 0.279 e. The lowest BCUT2D eigenvalue weighted by Gasteiger charge is -2.07. The van der Waals surface area contributed by atoms with Crippen LogP contribution >= 0.6 is 11.3 Å². The van der Waals surface area contributed by atoms with Crippen LogP contribution in [0.15, 0.2) is 47.0 Å². The Morgan fingerprint density at radius 1 is 1.11 bits per heavy atom. The van der Waals surface area contributed by atoms with Gasteiger partial charge in [-0.2, -0.15) is 0 Å². The normalized spacial score (nSPS) is 10.8. The van der Waals surface area contributed by atoms with Crippen molar-refractivity contribution >= 4 is 32.6 Å². The Balaban J connectivity index is 1.59. The number of hydrogen-bond acceptors (Lipinski definition) is 7. The summed E-state index contributed by atoms with van der Waals surface area (Å²) in [7, 11) is 3.13. The number of amides is 1. The maximum absolute atomic E-state index is 12.6. The van der Waals surface area contributed by atoms with Crippen molar-refractivity contribution in [2.24, 2.45) is 0 Å². The van der Waals surface area contributed by atoms with Crippen molar-refractivity contribution in [1.82, 2.24) is 10.1 Å². The summed E-state index contributed by atoms with van der Waals surface area (Å²) >= 11 is 1.41. The van der Waals surface area contributed by atoms with Crippen LogP contribution < -0.4 is 14.8 Å². The van der Waals surface area contributed by atoms with Crippen LogP contribution in [0, 0.1) is 6.92 Å². The van der Waals surface area contributed by atoms with Crippen LogP contribution in [0.25, 0.3) is 21.5 Å². The van der Waals surface area contributed by atoms with Gasteiger partial charge in [0.15, 0.2) is 16.6 Å². The highest BCUT2D eigenvalue weighted by atomic mass is 32.1. The van der Waals surface area contributed by atoms with Crippen molar-refractivity contribution in [3.63, 3.8) is 0 Å². The van der Waals surface area contributed by atoms with E-state index in [9.17, 15) is 4.79 Å². The SMILES string of the molecule is COc1ccc(OC)c(-c2cc(C(=O)Nc3nc4ccc(C)cc4s3)no2)c1. The lowest BCUT2D eigenvalue weighted by molar-refractivity contribution is 0.101. The van der Waals surface area contributed by atoms with E-state index in [2.05, 4.69) is 15.5 Å². The number of aromatic nitrogens is 2. The van der Waals surface area contributed by atoms with Gasteiger partial charge in [0.25, 0.3) is 5.91 Å². The Bertz CT molecular complexity index is 1170. The fraction of sp³-hybridized carbons (Fsp3) is 0.150. The third-order valence-electron chi connectivity index (χ3n) is 4.18. The van der Waals surface area contributed by atoms with Crippen molar-refractivity contribution < 1.29 is 18.8 Å². The molecule has 0 radical (unpaired) electrons. The number of carbonyl (C=O) groups excluding carboxylic acids is 1. The summed E-state index contributed by atoms with van der Waals surface area (Å²) in [5.74, 6) is 1.24. The Morgan fingerprint density at radius 2 is 1.96 bits per heavy atom. The van der Waals surface area contributed by atoms with E-state index in [0.29, 0.717) is 28.0 Å². The van der Waals surface area contributed by atoms with Crippen molar-refractivity contribution in [3.8, 4) is 22.8 Å². The Labute approximate surface area is 164 Å². The molecular weight excluding hydrogens is 378 g/mol. The molecule has 0 bridgehead atoms. The molecule has 0 saturated carbocycles. The average molecular weight is 395 g/mol. The lowest BCUT2D eigenvalue weighted by Crippen LogP contribution is -2.11. The molecule has 2 aromatic carbocycles. The molecule has 142 valence electrons. The minimum Gasteiger partial charge on any atom is -0.497 e. The van der Waals surface area contributed by atoms with E-state index in [0.717, 1.165) is 15.8 Å². The molecule has 0 aliphatic heterocycles. The monoisotopic (exact) mass is 395 g/mol. The molecule has 0 atom stereocenters. The van der Waals surface area contributed by atoms with Gasteiger partial charge >= 0.3 is 0 Å². The van der Waals surface area contributed by atoms with E-state index in [1.54, 1.807) is 38.5 Å². The zero-order valence-electron chi connectivity index (χ0n) is 15.5. The molecule has 0 spiro atoms. The number of fused-ring (bicyclic) bond motifs is 1. The van der Waals surface area contributed by atoms with Crippen LogP contribution in [0.3, 0.4) is 0 Å². The first-order valence-corrected chi connectivity index (χ1v) is 9.26. The largest absolute Gasteiger partial charge is 0.497 e. The van der Waals surface area contributed by atoms with Gasteiger partial charge in [-0.05, 0) is 42.8 Å². The van der Waals surface area contributed by atoms with Crippen molar-refractivity contribution in [1.29, 1.82) is 0 Å². The molecule has 4 rings (SSSR count). The van der Waals surface area contributed by atoms with Crippen molar-refractivity contribution in [2.75, 3.05) is 19.5 Å². The van der Waals surface area contributed by atoms with Gasteiger partial charge in [-0.25, -0.2) is 4.98 Å². The van der Waals surface area contributed by atoms with E-state index in [1.807, 2.05) is 25.1 Å². The van der Waals surface area contributed by atoms with Crippen LogP contribution in [0.2, 0.25) is 0 Å². The van der Waals surface area contributed by atoms with E-state index in [1.165, 1.54) is 11.3 Å². The van der Waals surface area contributed by atoms with Gasteiger partial charge in [-0.15, -0.1) is 0 Å². The minimum absolute atomic E-state index is 0.148. The summed E-state index contributed by atoms with van der Waals surface area (Å²) in [5, 5.41) is 7.16. The standard InChI is InChI=1S/C20H17N3O4S/c1-11-4-6-14-18(8-11)28-20(21-14)22-19(24)15-10-17(27-23-15)13-9-12(25-2)5-7-16(13)26-3/h4-10H,1-3H3,(H,21,22,24). The van der Waals surface area contributed by atoms with Crippen LogP contribution in [0.4, 0.5) is 5.13 Å². The predicted octanol–water partition coefficient (Wildman–Crippen LogP) is 4.53. The molecule has 2 heterocycles. The van der Waals surface area contributed by atoms with Gasteiger partial charge in [0.1, 0.15) is 11.5 Å². The molecular formula is C20H17N3O4S. The van der Waals surface area contributed by atoms with Gasteiger partial charge in [0.2, 0.25) is 0 Å². The summed E-state index contributed by atoms with van der Waals surface area (Å²) in [6, 6.07) is 12.8. The first-order chi connectivity index (χ1) is 13.6. The zero-order valence-corrected chi connectivity index (χ0v) is 16.3. The van der Waals surface area contributed by atoms with Crippen LogP contribution in [0.1, 0.15) is 16.1 Å². The number of rotatable bonds is 5. The number of aryl methyl sites for hydroxylation is 1.